The van der Waals surface area contributed by atoms with Crippen molar-refractivity contribution in [1.29, 1.82) is 0 Å². The molecule has 2 aliphatic rings. The number of nitrogens with zero attached hydrogens (tertiary/aromatic N) is 3. The molecule has 3 heterocycles. The average Bonchev–Trinajstić information content (AvgIpc) is 3.08. The Morgan fingerprint density at radius 1 is 1.16 bits per heavy atom. The van der Waals surface area contributed by atoms with Crippen LogP contribution in [0.4, 0.5) is 13.2 Å². The third-order valence-corrected chi connectivity index (χ3v) is 6.70. The Morgan fingerprint density at radius 3 is 2.62 bits per heavy atom. The molecule has 7 nitrogen and oxygen atoms in total. The van der Waals surface area contributed by atoms with E-state index in [9.17, 15) is 22.8 Å². The molecule has 1 aliphatic heterocycles. The SMILES string of the molecule is O=c1[nH]c(=O)n(CCCN2C[C@@H]3C[C@]3(c3ccc(C(F)(F)F)cc3)C2)cc1-c1cn[nH]c1. The minimum absolute atomic E-state index is 0.0482. The van der Waals surface area contributed by atoms with Gasteiger partial charge in [-0.3, -0.25) is 19.4 Å². The molecule has 3 aromatic rings. The van der Waals surface area contributed by atoms with Crippen molar-refractivity contribution in [3.05, 3.63) is 74.8 Å². The van der Waals surface area contributed by atoms with Crippen LogP contribution in [-0.2, 0) is 18.1 Å². The summed E-state index contributed by atoms with van der Waals surface area (Å²) in [5, 5.41) is 6.49. The van der Waals surface area contributed by atoms with Gasteiger partial charge >= 0.3 is 11.9 Å². The van der Waals surface area contributed by atoms with Gasteiger partial charge in [0.15, 0.2) is 0 Å². The number of piperidine rings is 1. The number of halogens is 3. The molecule has 10 heteroatoms. The van der Waals surface area contributed by atoms with Crippen LogP contribution in [0.15, 0.2) is 52.4 Å². The maximum Gasteiger partial charge on any atom is 0.416 e. The number of H-pyrrole nitrogens is 2. The fourth-order valence-electron chi connectivity index (χ4n) is 4.94. The molecule has 2 atom stereocenters. The number of alkyl halides is 3. The number of nitrogens with one attached hydrogen (secondary N) is 2. The van der Waals surface area contributed by atoms with Crippen LogP contribution < -0.4 is 11.2 Å². The third kappa shape index (κ3) is 3.68. The molecule has 32 heavy (non-hydrogen) atoms. The lowest BCUT2D eigenvalue weighted by Crippen LogP contribution is -2.32. The Bertz CT molecular complexity index is 1230. The van der Waals surface area contributed by atoms with Crippen LogP contribution in [0.2, 0.25) is 0 Å². The van der Waals surface area contributed by atoms with Gasteiger partial charge < -0.3 is 4.90 Å². The lowest BCUT2D eigenvalue weighted by atomic mass is 9.94. The van der Waals surface area contributed by atoms with Gasteiger partial charge in [-0.15, -0.1) is 0 Å². The molecule has 1 saturated heterocycles. The Hall–Kier alpha value is -3.14. The highest BCUT2D eigenvalue weighted by Crippen LogP contribution is 2.59. The molecule has 5 rings (SSSR count). The molecule has 0 bridgehead atoms. The molecule has 0 unspecified atom stereocenters. The maximum absolute atomic E-state index is 12.8. The number of aromatic amines is 2. The first kappa shape index (κ1) is 20.7. The second-order valence-electron chi connectivity index (χ2n) is 8.70. The van der Waals surface area contributed by atoms with E-state index in [0.29, 0.717) is 30.0 Å². The van der Waals surface area contributed by atoms with Gasteiger partial charge in [0.2, 0.25) is 0 Å². The van der Waals surface area contributed by atoms with Crippen molar-refractivity contribution in [1.82, 2.24) is 24.6 Å². The van der Waals surface area contributed by atoms with Crippen molar-refractivity contribution in [2.45, 2.75) is 31.0 Å². The van der Waals surface area contributed by atoms with Crippen LogP contribution in [0, 0.1) is 5.92 Å². The van der Waals surface area contributed by atoms with Gasteiger partial charge in [0.25, 0.3) is 5.56 Å². The van der Waals surface area contributed by atoms with E-state index >= 15 is 0 Å². The van der Waals surface area contributed by atoms with Crippen molar-refractivity contribution < 1.29 is 13.2 Å². The van der Waals surface area contributed by atoms with Gasteiger partial charge in [-0.05, 0) is 43.0 Å². The zero-order valence-corrected chi connectivity index (χ0v) is 17.2. The number of rotatable bonds is 6. The Balaban J connectivity index is 1.21. The summed E-state index contributed by atoms with van der Waals surface area (Å²) in [6.07, 6.45) is 2.07. The minimum atomic E-state index is -4.32. The van der Waals surface area contributed by atoms with Gasteiger partial charge in [-0.25, -0.2) is 4.79 Å². The summed E-state index contributed by atoms with van der Waals surface area (Å²) in [5.41, 5.74) is 0.386. The standard InChI is InChI=1S/C22H22F3N5O2/c23-22(24,25)16-4-2-15(3-5-16)21-8-17(21)11-29(13-21)6-1-7-30-12-18(14-9-26-27-10-14)19(31)28-20(30)32/h2-5,9-10,12,17H,1,6-8,11,13H2,(H,26,27)(H,28,31,32)/t17-,21+/m0/s1. The van der Waals surface area contributed by atoms with Crippen LogP contribution in [0.3, 0.4) is 0 Å². The Labute approximate surface area is 180 Å². The smallest absolute Gasteiger partial charge is 0.302 e. The fraction of sp³-hybridized carbons (Fsp3) is 0.409. The average molecular weight is 445 g/mol. The molecule has 168 valence electrons. The summed E-state index contributed by atoms with van der Waals surface area (Å²) < 4.78 is 40.0. The highest BCUT2D eigenvalue weighted by molar-refractivity contribution is 5.58. The zero-order chi connectivity index (χ0) is 22.5. The van der Waals surface area contributed by atoms with E-state index in [1.807, 2.05) is 0 Å². The van der Waals surface area contributed by atoms with E-state index in [0.717, 1.165) is 31.6 Å². The van der Waals surface area contributed by atoms with Crippen molar-refractivity contribution in [3.63, 3.8) is 0 Å². The first-order chi connectivity index (χ1) is 15.3. The van der Waals surface area contributed by atoms with Gasteiger partial charge in [-0.1, -0.05) is 12.1 Å². The van der Waals surface area contributed by atoms with Crippen molar-refractivity contribution in [2.75, 3.05) is 19.6 Å². The molecule has 0 spiro atoms. The van der Waals surface area contributed by atoms with Gasteiger partial charge in [0.1, 0.15) is 0 Å². The van der Waals surface area contributed by atoms with Crippen LogP contribution in [0.5, 0.6) is 0 Å². The Morgan fingerprint density at radius 2 is 1.94 bits per heavy atom. The molecule has 1 aliphatic carbocycles. The summed E-state index contributed by atoms with van der Waals surface area (Å²) in [6.45, 7) is 2.94. The highest BCUT2D eigenvalue weighted by Gasteiger charge is 2.60. The van der Waals surface area contributed by atoms with Crippen LogP contribution in [0.25, 0.3) is 11.1 Å². The molecule has 2 N–H and O–H groups in total. The summed E-state index contributed by atoms with van der Waals surface area (Å²) >= 11 is 0. The van der Waals surface area contributed by atoms with Gasteiger partial charge in [0, 0.05) is 43.0 Å². The molecule has 2 fully saturated rings. The number of hydrogen-bond acceptors (Lipinski definition) is 4. The number of aromatic nitrogens is 4. The van der Waals surface area contributed by atoms with E-state index < -0.39 is 23.0 Å². The predicted molar refractivity (Wildman–Crippen MR) is 111 cm³/mol. The normalized spacial score (nSPS) is 22.8. The number of hydrogen-bond donors (Lipinski definition) is 2. The third-order valence-electron chi connectivity index (χ3n) is 6.70. The van der Waals surface area contributed by atoms with Gasteiger partial charge in [0.05, 0.1) is 17.3 Å². The second kappa shape index (κ2) is 7.47. The molecular weight excluding hydrogens is 423 g/mol. The largest absolute Gasteiger partial charge is 0.416 e. The monoisotopic (exact) mass is 445 g/mol. The van der Waals surface area contributed by atoms with Gasteiger partial charge in [-0.2, -0.15) is 18.3 Å². The maximum atomic E-state index is 12.8. The van der Waals surface area contributed by atoms with Crippen LogP contribution in [-0.4, -0.2) is 44.3 Å². The minimum Gasteiger partial charge on any atom is -0.302 e. The van der Waals surface area contributed by atoms with Crippen LogP contribution in [0.1, 0.15) is 24.0 Å². The van der Waals surface area contributed by atoms with Crippen molar-refractivity contribution in [2.24, 2.45) is 5.92 Å². The van der Waals surface area contributed by atoms with Crippen molar-refractivity contribution in [3.8, 4) is 11.1 Å². The second-order valence-corrected chi connectivity index (χ2v) is 8.70. The molecule has 0 radical (unpaired) electrons. The zero-order valence-electron chi connectivity index (χ0n) is 17.2. The summed E-state index contributed by atoms with van der Waals surface area (Å²) in [5.74, 6) is 0.461. The molecule has 1 aromatic carbocycles. The molecule has 1 saturated carbocycles. The molecule has 2 aromatic heterocycles. The van der Waals surface area contributed by atoms with E-state index in [1.54, 1.807) is 24.5 Å². The van der Waals surface area contributed by atoms with E-state index in [2.05, 4.69) is 20.1 Å². The topological polar surface area (TPSA) is 86.8 Å². The highest BCUT2D eigenvalue weighted by atomic mass is 19.4. The van der Waals surface area contributed by atoms with Crippen molar-refractivity contribution >= 4 is 0 Å². The van der Waals surface area contributed by atoms with Crippen LogP contribution >= 0.6 is 0 Å². The molecule has 0 amide bonds. The summed E-state index contributed by atoms with van der Waals surface area (Å²) in [4.78, 5) is 28.9. The van der Waals surface area contributed by atoms with E-state index in [1.165, 1.54) is 22.9 Å². The predicted octanol–water partition coefficient (Wildman–Crippen LogP) is 2.61. The quantitative estimate of drug-likeness (QED) is 0.611. The van der Waals surface area contributed by atoms with E-state index in [-0.39, 0.29) is 5.41 Å². The lowest BCUT2D eigenvalue weighted by Gasteiger charge is -2.21. The first-order valence-corrected chi connectivity index (χ1v) is 10.5. The molecular formula is C22H22F3N5O2. The number of benzene rings is 1. The first-order valence-electron chi connectivity index (χ1n) is 10.5. The Kier molecular flexibility index (Phi) is 4.85. The summed E-state index contributed by atoms with van der Waals surface area (Å²) in [7, 11) is 0. The fourth-order valence-corrected chi connectivity index (χ4v) is 4.94. The number of aryl methyl sites for hydroxylation is 1. The number of fused-ring (bicyclic) bond motifs is 1. The summed E-state index contributed by atoms with van der Waals surface area (Å²) in [6, 6.07) is 5.57. The number of likely N-dealkylation sites (tertiary alicyclic amines) is 1. The lowest BCUT2D eigenvalue weighted by molar-refractivity contribution is -0.137. The van der Waals surface area contributed by atoms with E-state index in [4.69, 9.17) is 0 Å².